The first kappa shape index (κ1) is 15.5. The van der Waals surface area contributed by atoms with Crippen LogP contribution in [0.15, 0.2) is 40.9 Å². The van der Waals surface area contributed by atoms with Gasteiger partial charge in [-0.15, -0.1) is 0 Å². The van der Waals surface area contributed by atoms with Crippen LogP contribution in [0, 0.1) is 19.7 Å². The minimum absolute atomic E-state index is 0.132. The molecule has 0 unspecified atom stereocenters. The maximum Gasteiger partial charge on any atom is 0.262 e. The molecule has 0 spiro atoms. The Morgan fingerprint density at radius 3 is 2.48 bits per heavy atom. The van der Waals surface area contributed by atoms with E-state index in [-0.39, 0.29) is 12.3 Å². The standard InChI is InChI=1S/C16H15BrFNO2/c1-10-5-11(2)7-13(6-10)21-9-16(20)19-15-4-3-12(17)8-14(15)18/h3-8H,9H2,1-2H3,(H,19,20). The van der Waals surface area contributed by atoms with Crippen molar-refractivity contribution < 1.29 is 13.9 Å². The fourth-order valence-corrected chi connectivity index (χ4v) is 2.28. The summed E-state index contributed by atoms with van der Waals surface area (Å²) in [4.78, 5) is 11.8. The second-order valence-electron chi connectivity index (χ2n) is 4.78. The maximum atomic E-state index is 13.6. The predicted molar refractivity (Wildman–Crippen MR) is 84.1 cm³/mol. The topological polar surface area (TPSA) is 38.3 Å². The molecule has 1 N–H and O–H groups in total. The van der Waals surface area contributed by atoms with Gasteiger partial charge in [0, 0.05) is 4.47 Å². The summed E-state index contributed by atoms with van der Waals surface area (Å²) in [6.45, 7) is 3.74. The molecule has 2 aromatic carbocycles. The number of rotatable bonds is 4. The van der Waals surface area contributed by atoms with Crippen molar-refractivity contribution >= 4 is 27.5 Å². The lowest BCUT2D eigenvalue weighted by atomic mass is 10.1. The molecule has 0 saturated carbocycles. The molecule has 0 radical (unpaired) electrons. The zero-order valence-electron chi connectivity index (χ0n) is 11.7. The van der Waals surface area contributed by atoms with Crippen LogP contribution in [-0.4, -0.2) is 12.5 Å². The number of ether oxygens (including phenoxy) is 1. The van der Waals surface area contributed by atoms with Crippen LogP contribution in [0.2, 0.25) is 0 Å². The number of anilines is 1. The predicted octanol–water partition coefficient (Wildman–Crippen LogP) is 4.22. The van der Waals surface area contributed by atoms with Gasteiger partial charge in [0.05, 0.1) is 5.69 Å². The van der Waals surface area contributed by atoms with Crippen molar-refractivity contribution in [1.82, 2.24) is 0 Å². The van der Waals surface area contributed by atoms with Crippen LogP contribution in [0.1, 0.15) is 11.1 Å². The van der Waals surface area contributed by atoms with E-state index in [0.717, 1.165) is 11.1 Å². The van der Waals surface area contributed by atoms with Crippen LogP contribution in [0.3, 0.4) is 0 Å². The number of carbonyl (C=O) groups is 1. The normalized spacial score (nSPS) is 10.3. The van der Waals surface area contributed by atoms with Crippen LogP contribution in [0.4, 0.5) is 10.1 Å². The van der Waals surface area contributed by atoms with Crippen molar-refractivity contribution in [3.05, 3.63) is 57.8 Å². The number of amides is 1. The number of benzene rings is 2. The summed E-state index contributed by atoms with van der Waals surface area (Å²) in [7, 11) is 0. The van der Waals surface area contributed by atoms with Gasteiger partial charge in [-0.2, -0.15) is 0 Å². The van der Waals surface area contributed by atoms with Gasteiger partial charge < -0.3 is 10.1 Å². The highest BCUT2D eigenvalue weighted by Crippen LogP contribution is 2.20. The van der Waals surface area contributed by atoms with E-state index >= 15 is 0 Å². The van der Waals surface area contributed by atoms with Gasteiger partial charge in [0.1, 0.15) is 11.6 Å². The summed E-state index contributed by atoms with van der Waals surface area (Å²) >= 11 is 3.16. The Balaban J connectivity index is 1.95. The van der Waals surface area contributed by atoms with Crippen molar-refractivity contribution in [3.63, 3.8) is 0 Å². The Kier molecular flexibility index (Phi) is 4.96. The molecule has 2 rings (SSSR count). The van der Waals surface area contributed by atoms with Crippen molar-refractivity contribution in [2.75, 3.05) is 11.9 Å². The van der Waals surface area contributed by atoms with Crippen LogP contribution in [0.25, 0.3) is 0 Å². The molecule has 0 aromatic heterocycles. The molecular formula is C16H15BrFNO2. The summed E-state index contributed by atoms with van der Waals surface area (Å²) < 4.78 is 19.6. The SMILES string of the molecule is Cc1cc(C)cc(OCC(=O)Nc2ccc(Br)cc2F)c1. The van der Waals surface area contributed by atoms with Gasteiger partial charge in [0.25, 0.3) is 5.91 Å². The molecule has 110 valence electrons. The van der Waals surface area contributed by atoms with E-state index in [9.17, 15) is 9.18 Å². The quantitative estimate of drug-likeness (QED) is 0.895. The molecule has 0 saturated heterocycles. The summed E-state index contributed by atoms with van der Waals surface area (Å²) in [6, 6.07) is 10.2. The molecule has 0 atom stereocenters. The van der Waals surface area contributed by atoms with Crippen molar-refractivity contribution in [1.29, 1.82) is 0 Å². The average molecular weight is 352 g/mol. The number of aryl methyl sites for hydroxylation is 2. The van der Waals surface area contributed by atoms with Crippen LogP contribution in [-0.2, 0) is 4.79 Å². The second kappa shape index (κ2) is 6.72. The van der Waals surface area contributed by atoms with Crippen LogP contribution >= 0.6 is 15.9 Å². The molecule has 0 bridgehead atoms. The fraction of sp³-hybridized carbons (Fsp3) is 0.188. The third kappa shape index (κ3) is 4.56. The van der Waals surface area contributed by atoms with Gasteiger partial charge in [0.2, 0.25) is 0 Å². The number of carbonyl (C=O) groups excluding carboxylic acids is 1. The number of hydrogen-bond acceptors (Lipinski definition) is 2. The molecule has 0 aliphatic rings. The first-order valence-corrected chi connectivity index (χ1v) is 7.19. The van der Waals surface area contributed by atoms with Crippen LogP contribution in [0.5, 0.6) is 5.75 Å². The molecule has 2 aromatic rings. The van der Waals surface area contributed by atoms with E-state index in [1.54, 1.807) is 6.07 Å². The Morgan fingerprint density at radius 2 is 1.86 bits per heavy atom. The van der Waals surface area contributed by atoms with E-state index < -0.39 is 11.7 Å². The molecule has 5 heteroatoms. The molecule has 3 nitrogen and oxygen atoms in total. The Bertz CT molecular complexity index is 653. The van der Waals surface area contributed by atoms with E-state index in [1.807, 2.05) is 32.0 Å². The van der Waals surface area contributed by atoms with Crippen molar-refractivity contribution in [3.8, 4) is 5.75 Å². The molecular weight excluding hydrogens is 337 g/mol. The number of halogens is 2. The Hall–Kier alpha value is -1.88. The minimum Gasteiger partial charge on any atom is -0.484 e. The first-order chi connectivity index (χ1) is 9.94. The highest BCUT2D eigenvalue weighted by atomic mass is 79.9. The monoisotopic (exact) mass is 351 g/mol. The van der Waals surface area contributed by atoms with E-state index in [4.69, 9.17) is 4.74 Å². The van der Waals surface area contributed by atoms with Gasteiger partial charge in [-0.1, -0.05) is 22.0 Å². The lowest BCUT2D eigenvalue weighted by Gasteiger charge is -2.09. The largest absolute Gasteiger partial charge is 0.484 e. The fourth-order valence-electron chi connectivity index (χ4n) is 1.94. The number of nitrogens with one attached hydrogen (secondary N) is 1. The molecule has 0 aliphatic heterocycles. The van der Waals surface area contributed by atoms with E-state index in [1.165, 1.54) is 12.1 Å². The molecule has 0 aliphatic carbocycles. The smallest absolute Gasteiger partial charge is 0.262 e. The highest BCUT2D eigenvalue weighted by Gasteiger charge is 2.08. The maximum absolute atomic E-state index is 13.6. The third-order valence-electron chi connectivity index (χ3n) is 2.77. The summed E-state index contributed by atoms with van der Waals surface area (Å²) in [5.74, 6) is -0.279. The minimum atomic E-state index is -0.496. The summed E-state index contributed by atoms with van der Waals surface area (Å²) in [5.41, 5.74) is 2.25. The van der Waals surface area contributed by atoms with Crippen LogP contribution < -0.4 is 10.1 Å². The highest BCUT2D eigenvalue weighted by molar-refractivity contribution is 9.10. The zero-order chi connectivity index (χ0) is 15.4. The van der Waals surface area contributed by atoms with Gasteiger partial charge >= 0.3 is 0 Å². The zero-order valence-corrected chi connectivity index (χ0v) is 13.3. The lowest BCUT2D eigenvalue weighted by molar-refractivity contribution is -0.118. The second-order valence-corrected chi connectivity index (χ2v) is 5.70. The van der Waals surface area contributed by atoms with E-state index in [0.29, 0.717) is 10.2 Å². The van der Waals surface area contributed by atoms with Gasteiger partial charge in [-0.25, -0.2) is 4.39 Å². The van der Waals surface area contributed by atoms with E-state index in [2.05, 4.69) is 21.2 Å². The average Bonchev–Trinajstić information content (AvgIpc) is 2.39. The van der Waals surface area contributed by atoms with Gasteiger partial charge in [-0.3, -0.25) is 4.79 Å². The van der Waals surface area contributed by atoms with Gasteiger partial charge in [-0.05, 0) is 55.3 Å². The molecule has 21 heavy (non-hydrogen) atoms. The molecule has 0 fully saturated rings. The first-order valence-electron chi connectivity index (χ1n) is 6.40. The van der Waals surface area contributed by atoms with Crippen molar-refractivity contribution in [2.24, 2.45) is 0 Å². The van der Waals surface area contributed by atoms with Gasteiger partial charge in [0.15, 0.2) is 6.61 Å². The Morgan fingerprint density at radius 1 is 1.19 bits per heavy atom. The summed E-state index contributed by atoms with van der Waals surface area (Å²) in [5, 5.41) is 2.48. The third-order valence-corrected chi connectivity index (χ3v) is 3.26. The number of hydrogen-bond donors (Lipinski definition) is 1. The Labute approximate surface area is 131 Å². The molecule has 1 amide bonds. The summed E-state index contributed by atoms with van der Waals surface area (Å²) in [6.07, 6.45) is 0. The lowest BCUT2D eigenvalue weighted by Crippen LogP contribution is -2.20. The van der Waals surface area contributed by atoms with Crippen molar-refractivity contribution in [2.45, 2.75) is 13.8 Å². The molecule has 0 heterocycles.